The zero-order valence-electron chi connectivity index (χ0n) is 10.5. The lowest BCUT2D eigenvalue weighted by Gasteiger charge is -2.15. The van der Waals surface area contributed by atoms with E-state index in [1.165, 1.54) is 0 Å². The average Bonchev–Trinajstić information content (AvgIpc) is 2.26. The van der Waals surface area contributed by atoms with E-state index in [4.69, 9.17) is 5.11 Å². The van der Waals surface area contributed by atoms with Crippen molar-refractivity contribution in [1.82, 2.24) is 15.3 Å². The second-order valence-electron chi connectivity index (χ2n) is 4.48. The SMILES string of the molecule is CC(C)C[C@H](NC(=O)c1c[nH]c(=O)[nH]c1=O)C(=O)O. The Morgan fingerprint density at radius 3 is 2.47 bits per heavy atom. The molecule has 0 aliphatic carbocycles. The summed E-state index contributed by atoms with van der Waals surface area (Å²) in [4.78, 5) is 48.9. The first kappa shape index (κ1) is 14.7. The van der Waals surface area contributed by atoms with Crippen LogP contribution in [0.25, 0.3) is 0 Å². The second-order valence-corrected chi connectivity index (χ2v) is 4.48. The molecule has 0 saturated carbocycles. The van der Waals surface area contributed by atoms with Crippen molar-refractivity contribution in [3.05, 3.63) is 32.6 Å². The standard InChI is InChI=1S/C11H15N3O5/c1-5(2)3-7(10(17)18)13-8(15)6-4-12-11(19)14-9(6)16/h4-5,7H,3H2,1-2H3,(H,13,15)(H,17,18)(H2,12,14,16,19)/t7-/m0/s1. The fraction of sp³-hybridized carbons (Fsp3) is 0.455. The maximum atomic E-state index is 11.8. The molecule has 1 aromatic heterocycles. The number of aromatic nitrogens is 2. The minimum atomic E-state index is -1.18. The van der Waals surface area contributed by atoms with Crippen LogP contribution in [0.4, 0.5) is 0 Å². The summed E-state index contributed by atoms with van der Waals surface area (Å²) in [6.45, 7) is 3.63. The maximum Gasteiger partial charge on any atom is 0.326 e. The van der Waals surface area contributed by atoms with Crippen LogP contribution in [0.2, 0.25) is 0 Å². The summed E-state index contributed by atoms with van der Waals surface area (Å²) in [5.41, 5.74) is -1.94. The summed E-state index contributed by atoms with van der Waals surface area (Å²) in [6.07, 6.45) is 1.19. The summed E-state index contributed by atoms with van der Waals surface area (Å²) in [7, 11) is 0. The van der Waals surface area contributed by atoms with Crippen LogP contribution in [0.15, 0.2) is 15.8 Å². The van der Waals surface area contributed by atoms with E-state index < -0.39 is 29.2 Å². The number of carbonyl (C=O) groups is 2. The molecule has 0 bridgehead atoms. The van der Waals surface area contributed by atoms with Gasteiger partial charge in [0.25, 0.3) is 11.5 Å². The zero-order chi connectivity index (χ0) is 14.6. The van der Waals surface area contributed by atoms with Crippen molar-refractivity contribution in [2.45, 2.75) is 26.3 Å². The Morgan fingerprint density at radius 1 is 1.37 bits per heavy atom. The van der Waals surface area contributed by atoms with E-state index in [1.54, 1.807) is 0 Å². The molecule has 0 fully saturated rings. The van der Waals surface area contributed by atoms with Crippen LogP contribution in [0.3, 0.4) is 0 Å². The lowest BCUT2D eigenvalue weighted by atomic mass is 10.0. The van der Waals surface area contributed by atoms with Crippen LogP contribution in [-0.4, -0.2) is 33.0 Å². The number of hydrogen-bond acceptors (Lipinski definition) is 4. The third-order valence-corrected chi connectivity index (χ3v) is 2.37. The Bertz CT molecular complexity index is 586. The van der Waals surface area contributed by atoms with E-state index in [0.717, 1.165) is 6.20 Å². The van der Waals surface area contributed by atoms with Gasteiger partial charge in [-0.3, -0.25) is 14.6 Å². The lowest BCUT2D eigenvalue weighted by molar-refractivity contribution is -0.139. The fourth-order valence-corrected chi connectivity index (χ4v) is 1.51. The number of carboxylic acids is 1. The number of hydrogen-bond donors (Lipinski definition) is 4. The molecular formula is C11H15N3O5. The van der Waals surface area contributed by atoms with Crippen LogP contribution >= 0.6 is 0 Å². The van der Waals surface area contributed by atoms with Gasteiger partial charge in [-0.1, -0.05) is 13.8 Å². The van der Waals surface area contributed by atoms with Crippen molar-refractivity contribution in [3.63, 3.8) is 0 Å². The van der Waals surface area contributed by atoms with Crippen LogP contribution in [0.1, 0.15) is 30.6 Å². The molecule has 0 spiro atoms. The summed E-state index contributed by atoms with van der Waals surface area (Å²) >= 11 is 0. The molecule has 4 N–H and O–H groups in total. The second kappa shape index (κ2) is 5.98. The molecule has 0 radical (unpaired) electrons. The van der Waals surface area contributed by atoms with Crippen LogP contribution in [0, 0.1) is 5.92 Å². The Hall–Kier alpha value is -2.38. The molecule has 0 aromatic carbocycles. The van der Waals surface area contributed by atoms with Gasteiger partial charge in [0.15, 0.2) is 0 Å². The number of amides is 1. The molecular weight excluding hydrogens is 254 g/mol. The van der Waals surface area contributed by atoms with Crippen molar-refractivity contribution >= 4 is 11.9 Å². The van der Waals surface area contributed by atoms with Gasteiger partial charge in [-0.05, 0) is 12.3 Å². The molecule has 0 saturated heterocycles. The highest BCUT2D eigenvalue weighted by Gasteiger charge is 2.23. The number of rotatable bonds is 5. The lowest BCUT2D eigenvalue weighted by Crippen LogP contribution is -2.44. The predicted octanol–water partition coefficient (Wildman–Crippen LogP) is -0.708. The van der Waals surface area contributed by atoms with Gasteiger partial charge < -0.3 is 15.4 Å². The number of carboxylic acid groups (broad SMARTS) is 1. The van der Waals surface area contributed by atoms with Gasteiger partial charge in [-0.2, -0.15) is 0 Å². The van der Waals surface area contributed by atoms with Gasteiger partial charge in [0.1, 0.15) is 11.6 Å². The monoisotopic (exact) mass is 269 g/mol. The molecule has 0 unspecified atom stereocenters. The summed E-state index contributed by atoms with van der Waals surface area (Å²) < 4.78 is 0. The fourth-order valence-electron chi connectivity index (χ4n) is 1.51. The van der Waals surface area contributed by atoms with Gasteiger partial charge in [-0.15, -0.1) is 0 Å². The normalized spacial score (nSPS) is 12.2. The molecule has 0 aliphatic heterocycles. The molecule has 8 nitrogen and oxygen atoms in total. The van der Waals surface area contributed by atoms with Crippen LogP contribution in [-0.2, 0) is 4.79 Å². The minimum Gasteiger partial charge on any atom is -0.480 e. The molecule has 1 heterocycles. The summed E-state index contributed by atoms with van der Waals surface area (Å²) in [6, 6.07) is -1.08. The van der Waals surface area contributed by atoms with Crippen LogP contribution in [0.5, 0.6) is 0 Å². The van der Waals surface area contributed by atoms with Gasteiger partial charge in [0.05, 0.1) is 0 Å². The molecule has 1 aromatic rings. The summed E-state index contributed by atoms with van der Waals surface area (Å²) in [5.74, 6) is -1.95. The summed E-state index contributed by atoms with van der Waals surface area (Å²) in [5, 5.41) is 11.2. The Kier molecular flexibility index (Phi) is 4.62. The van der Waals surface area contributed by atoms with Crippen molar-refractivity contribution in [3.8, 4) is 0 Å². The van der Waals surface area contributed by atoms with E-state index in [9.17, 15) is 19.2 Å². The number of aromatic amines is 2. The number of carbonyl (C=O) groups excluding carboxylic acids is 1. The van der Waals surface area contributed by atoms with Gasteiger partial charge >= 0.3 is 11.7 Å². The highest BCUT2D eigenvalue weighted by Crippen LogP contribution is 2.05. The molecule has 1 rings (SSSR count). The highest BCUT2D eigenvalue weighted by atomic mass is 16.4. The predicted molar refractivity (Wildman–Crippen MR) is 66.0 cm³/mol. The molecule has 1 atom stereocenters. The van der Waals surface area contributed by atoms with E-state index in [0.29, 0.717) is 0 Å². The van der Waals surface area contributed by atoms with E-state index in [-0.39, 0.29) is 17.9 Å². The Balaban J connectivity index is 2.91. The zero-order valence-corrected chi connectivity index (χ0v) is 10.5. The maximum absolute atomic E-state index is 11.8. The Labute approximate surface area is 107 Å². The van der Waals surface area contributed by atoms with Crippen LogP contribution < -0.4 is 16.6 Å². The smallest absolute Gasteiger partial charge is 0.326 e. The number of aliphatic carboxylic acids is 1. The molecule has 8 heteroatoms. The van der Waals surface area contributed by atoms with Crippen molar-refractivity contribution in [2.75, 3.05) is 0 Å². The largest absolute Gasteiger partial charge is 0.480 e. The number of H-pyrrole nitrogens is 2. The number of nitrogens with one attached hydrogen (secondary N) is 3. The van der Waals surface area contributed by atoms with Crippen molar-refractivity contribution in [1.29, 1.82) is 0 Å². The molecule has 1 amide bonds. The average molecular weight is 269 g/mol. The first-order chi connectivity index (χ1) is 8.81. The molecule has 19 heavy (non-hydrogen) atoms. The van der Waals surface area contributed by atoms with E-state index in [2.05, 4.69) is 10.3 Å². The Morgan fingerprint density at radius 2 is 2.00 bits per heavy atom. The third-order valence-electron chi connectivity index (χ3n) is 2.37. The van der Waals surface area contributed by atoms with Crippen molar-refractivity contribution < 1.29 is 14.7 Å². The van der Waals surface area contributed by atoms with Gasteiger partial charge in [0, 0.05) is 6.20 Å². The highest BCUT2D eigenvalue weighted by molar-refractivity contribution is 5.95. The van der Waals surface area contributed by atoms with E-state index in [1.807, 2.05) is 18.8 Å². The minimum absolute atomic E-state index is 0.0651. The first-order valence-corrected chi connectivity index (χ1v) is 5.67. The first-order valence-electron chi connectivity index (χ1n) is 5.67. The topological polar surface area (TPSA) is 132 Å². The quantitative estimate of drug-likeness (QED) is 0.560. The third kappa shape index (κ3) is 4.09. The van der Waals surface area contributed by atoms with Gasteiger partial charge in [0.2, 0.25) is 0 Å². The molecule has 0 aliphatic rings. The molecule has 104 valence electrons. The van der Waals surface area contributed by atoms with Crippen molar-refractivity contribution in [2.24, 2.45) is 5.92 Å². The van der Waals surface area contributed by atoms with E-state index >= 15 is 0 Å². The van der Waals surface area contributed by atoms with Gasteiger partial charge in [-0.25, -0.2) is 9.59 Å².